The van der Waals surface area contributed by atoms with Gasteiger partial charge in [-0.15, -0.1) is 0 Å². The summed E-state index contributed by atoms with van der Waals surface area (Å²) in [6, 6.07) is 7.82. The van der Waals surface area contributed by atoms with Crippen LogP contribution in [0, 0.1) is 3.57 Å². The molecule has 0 radical (unpaired) electrons. The molecule has 21 heavy (non-hydrogen) atoms. The fourth-order valence-corrected chi connectivity index (χ4v) is 3.32. The maximum atomic E-state index is 5.28. The number of ether oxygens (including phenoxy) is 1. The van der Waals surface area contributed by atoms with Crippen LogP contribution in [0.25, 0.3) is 11.4 Å². The van der Waals surface area contributed by atoms with Crippen LogP contribution in [0.15, 0.2) is 24.3 Å². The average molecular weight is 397 g/mol. The van der Waals surface area contributed by atoms with E-state index in [1.165, 1.54) is 0 Å². The Morgan fingerprint density at radius 3 is 2.48 bits per heavy atom. The molecule has 1 N–H and O–H groups in total. The summed E-state index contributed by atoms with van der Waals surface area (Å²) in [5.74, 6) is 2.37. The molecule has 0 atom stereocenters. The van der Waals surface area contributed by atoms with Gasteiger partial charge in [0, 0.05) is 18.0 Å². The molecule has 2 aromatic rings. The molecule has 0 unspecified atom stereocenters. The van der Waals surface area contributed by atoms with Gasteiger partial charge in [0.2, 0.25) is 0 Å². The van der Waals surface area contributed by atoms with Crippen molar-refractivity contribution in [2.24, 2.45) is 0 Å². The predicted octanol–water partition coefficient (Wildman–Crippen LogP) is 4.10. The van der Waals surface area contributed by atoms with Gasteiger partial charge in [0.05, 0.1) is 16.4 Å². The molecule has 1 aromatic heterocycles. The SMILES string of the molecule is CNc1nc(-c2cccc(OC)c2)nc(C(C)(C)C)c1I. The highest BCUT2D eigenvalue weighted by Crippen LogP contribution is 2.32. The van der Waals surface area contributed by atoms with Crippen LogP contribution in [0.2, 0.25) is 0 Å². The molecule has 5 heteroatoms. The molecule has 0 saturated heterocycles. The van der Waals surface area contributed by atoms with Gasteiger partial charge in [-0.1, -0.05) is 32.9 Å². The largest absolute Gasteiger partial charge is 0.497 e. The zero-order chi connectivity index (χ0) is 15.6. The highest BCUT2D eigenvalue weighted by molar-refractivity contribution is 14.1. The van der Waals surface area contributed by atoms with E-state index in [1.807, 2.05) is 31.3 Å². The van der Waals surface area contributed by atoms with E-state index in [4.69, 9.17) is 9.72 Å². The summed E-state index contributed by atoms with van der Waals surface area (Å²) in [5, 5.41) is 3.16. The number of nitrogens with one attached hydrogen (secondary N) is 1. The molecule has 0 fully saturated rings. The lowest BCUT2D eigenvalue weighted by Crippen LogP contribution is -2.18. The number of rotatable bonds is 3. The van der Waals surface area contributed by atoms with Gasteiger partial charge in [0.25, 0.3) is 0 Å². The van der Waals surface area contributed by atoms with E-state index in [9.17, 15) is 0 Å². The molecule has 0 aliphatic rings. The van der Waals surface area contributed by atoms with Crippen molar-refractivity contribution in [2.45, 2.75) is 26.2 Å². The molecule has 112 valence electrons. The topological polar surface area (TPSA) is 47.0 Å². The number of benzene rings is 1. The first-order valence-electron chi connectivity index (χ1n) is 6.77. The van der Waals surface area contributed by atoms with Crippen LogP contribution >= 0.6 is 22.6 Å². The second-order valence-electron chi connectivity index (χ2n) is 5.79. The Kier molecular flexibility index (Phi) is 4.70. The second kappa shape index (κ2) is 6.17. The smallest absolute Gasteiger partial charge is 0.161 e. The fraction of sp³-hybridized carbons (Fsp3) is 0.375. The predicted molar refractivity (Wildman–Crippen MR) is 95.0 cm³/mol. The fourth-order valence-electron chi connectivity index (χ4n) is 2.00. The first kappa shape index (κ1) is 16.0. The van der Waals surface area contributed by atoms with Gasteiger partial charge < -0.3 is 10.1 Å². The molecular weight excluding hydrogens is 377 g/mol. The molecular formula is C16H20IN3O. The van der Waals surface area contributed by atoms with Crippen LogP contribution in [0.5, 0.6) is 5.75 Å². The van der Waals surface area contributed by atoms with Crippen molar-refractivity contribution in [3.8, 4) is 17.1 Å². The van der Waals surface area contributed by atoms with Crippen molar-refractivity contribution in [1.82, 2.24) is 9.97 Å². The first-order chi connectivity index (χ1) is 9.86. The summed E-state index contributed by atoms with van der Waals surface area (Å²) >= 11 is 2.30. The van der Waals surface area contributed by atoms with Crippen LogP contribution in [0.4, 0.5) is 5.82 Å². The molecule has 0 bridgehead atoms. The van der Waals surface area contributed by atoms with Gasteiger partial charge in [0.15, 0.2) is 5.82 Å². The summed E-state index contributed by atoms with van der Waals surface area (Å²) in [5.41, 5.74) is 1.95. The van der Waals surface area contributed by atoms with Crippen molar-refractivity contribution in [3.63, 3.8) is 0 Å². The summed E-state index contributed by atoms with van der Waals surface area (Å²) in [6.45, 7) is 6.48. The Morgan fingerprint density at radius 2 is 1.90 bits per heavy atom. The molecule has 0 spiro atoms. The molecule has 0 saturated carbocycles. The highest BCUT2D eigenvalue weighted by atomic mass is 127. The number of anilines is 1. The van der Waals surface area contributed by atoms with E-state index in [1.54, 1.807) is 7.11 Å². The Bertz CT molecular complexity index is 650. The number of halogens is 1. The molecule has 1 aromatic carbocycles. The van der Waals surface area contributed by atoms with Crippen LogP contribution in [-0.2, 0) is 5.41 Å². The summed E-state index contributed by atoms with van der Waals surface area (Å²) in [4.78, 5) is 9.41. The second-order valence-corrected chi connectivity index (χ2v) is 6.87. The Labute approximate surface area is 139 Å². The lowest BCUT2D eigenvalue weighted by atomic mass is 9.91. The molecule has 4 nitrogen and oxygen atoms in total. The third-order valence-corrected chi connectivity index (χ3v) is 4.15. The third kappa shape index (κ3) is 3.45. The minimum atomic E-state index is -0.0430. The molecule has 2 rings (SSSR count). The molecule has 1 heterocycles. The molecule has 0 aliphatic heterocycles. The summed E-state index contributed by atoms with van der Waals surface area (Å²) in [6.07, 6.45) is 0. The monoisotopic (exact) mass is 397 g/mol. The van der Waals surface area contributed by atoms with Gasteiger partial charge in [-0.25, -0.2) is 9.97 Å². The quantitative estimate of drug-likeness (QED) is 0.793. The summed E-state index contributed by atoms with van der Waals surface area (Å²) < 4.78 is 6.35. The normalized spacial score (nSPS) is 11.3. The van der Waals surface area contributed by atoms with Crippen LogP contribution in [-0.4, -0.2) is 24.1 Å². The Morgan fingerprint density at radius 1 is 1.19 bits per heavy atom. The van der Waals surface area contributed by atoms with Crippen molar-refractivity contribution < 1.29 is 4.74 Å². The number of hydrogen-bond donors (Lipinski definition) is 1. The van der Waals surface area contributed by atoms with Gasteiger partial charge >= 0.3 is 0 Å². The van der Waals surface area contributed by atoms with E-state index in [0.717, 1.165) is 26.4 Å². The van der Waals surface area contributed by atoms with Crippen LogP contribution in [0.3, 0.4) is 0 Å². The van der Waals surface area contributed by atoms with Crippen molar-refractivity contribution >= 4 is 28.4 Å². The first-order valence-corrected chi connectivity index (χ1v) is 7.85. The lowest BCUT2D eigenvalue weighted by molar-refractivity contribution is 0.415. The van der Waals surface area contributed by atoms with Gasteiger partial charge in [0.1, 0.15) is 11.6 Å². The average Bonchev–Trinajstić information content (AvgIpc) is 2.46. The van der Waals surface area contributed by atoms with E-state index in [-0.39, 0.29) is 5.41 Å². The highest BCUT2D eigenvalue weighted by Gasteiger charge is 2.23. The standard InChI is InChI=1S/C16H20IN3O/c1-16(2,3)13-12(17)15(18-4)20-14(19-13)10-7-6-8-11(9-10)21-5/h6-9H,1-5H3,(H,18,19,20). The lowest BCUT2D eigenvalue weighted by Gasteiger charge is -2.21. The number of nitrogens with zero attached hydrogens (tertiary/aromatic N) is 2. The van der Waals surface area contributed by atoms with E-state index in [2.05, 4.69) is 53.7 Å². The minimum absolute atomic E-state index is 0.0430. The van der Waals surface area contributed by atoms with Crippen molar-refractivity contribution in [2.75, 3.05) is 19.5 Å². The third-order valence-electron chi connectivity index (χ3n) is 3.13. The minimum Gasteiger partial charge on any atom is -0.497 e. The van der Waals surface area contributed by atoms with Crippen molar-refractivity contribution in [3.05, 3.63) is 33.5 Å². The molecule has 0 aliphatic carbocycles. The van der Waals surface area contributed by atoms with Gasteiger partial charge in [-0.2, -0.15) is 0 Å². The van der Waals surface area contributed by atoms with E-state index < -0.39 is 0 Å². The zero-order valence-corrected chi connectivity index (χ0v) is 15.1. The van der Waals surface area contributed by atoms with Gasteiger partial charge in [-0.3, -0.25) is 0 Å². The van der Waals surface area contributed by atoms with E-state index in [0.29, 0.717) is 5.82 Å². The van der Waals surface area contributed by atoms with Gasteiger partial charge in [-0.05, 0) is 34.7 Å². The Balaban J connectivity index is 2.63. The zero-order valence-electron chi connectivity index (χ0n) is 13.0. The van der Waals surface area contributed by atoms with Crippen LogP contribution in [0.1, 0.15) is 26.5 Å². The number of hydrogen-bond acceptors (Lipinski definition) is 4. The summed E-state index contributed by atoms with van der Waals surface area (Å²) in [7, 11) is 3.54. The van der Waals surface area contributed by atoms with Crippen molar-refractivity contribution in [1.29, 1.82) is 0 Å². The Hall–Kier alpha value is -1.37. The van der Waals surface area contributed by atoms with E-state index >= 15 is 0 Å². The maximum absolute atomic E-state index is 5.28. The number of methoxy groups -OCH3 is 1. The number of aromatic nitrogens is 2. The molecule has 0 amide bonds. The maximum Gasteiger partial charge on any atom is 0.161 e. The van der Waals surface area contributed by atoms with Crippen LogP contribution < -0.4 is 10.1 Å².